The van der Waals surface area contributed by atoms with Gasteiger partial charge in [-0.1, -0.05) is 6.92 Å². The maximum absolute atomic E-state index is 10.9. The Morgan fingerprint density at radius 1 is 1.47 bits per heavy atom. The summed E-state index contributed by atoms with van der Waals surface area (Å²) in [4.78, 5) is 20.9. The standard InChI is InChI=1S/C11H13NO5/c1-3-4-17-11-9(12(14)15)5-8(7-13)6-10(11)16-2/h5-7H,3-4H2,1-2H3. The topological polar surface area (TPSA) is 78.7 Å². The first-order valence-corrected chi connectivity index (χ1v) is 5.08. The average Bonchev–Trinajstić information content (AvgIpc) is 2.35. The second-order valence-electron chi connectivity index (χ2n) is 3.29. The van der Waals surface area contributed by atoms with E-state index in [1.54, 1.807) is 0 Å². The zero-order valence-electron chi connectivity index (χ0n) is 9.63. The third kappa shape index (κ3) is 2.93. The third-order valence-electron chi connectivity index (χ3n) is 2.06. The maximum atomic E-state index is 10.9. The number of hydrogen-bond donors (Lipinski definition) is 0. The van der Waals surface area contributed by atoms with E-state index in [2.05, 4.69) is 0 Å². The van der Waals surface area contributed by atoms with Crippen molar-refractivity contribution in [1.29, 1.82) is 0 Å². The first-order valence-electron chi connectivity index (χ1n) is 5.08. The predicted octanol–water partition coefficient (Wildman–Crippen LogP) is 2.20. The van der Waals surface area contributed by atoms with Gasteiger partial charge >= 0.3 is 5.69 Å². The molecule has 0 bridgehead atoms. The van der Waals surface area contributed by atoms with Crippen LogP contribution in [0, 0.1) is 10.1 Å². The fourth-order valence-electron chi connectivity index (χ4n) is 1.31. The molecule has 0 saturated heterocycles. The van der Waals surface area contributed by atoms with E-state index in [9.17, 15) is 14.9 Å². The molecule has 0 N–H and O–H groups in total. The van der Waals surface area contributed by atoms with Crippen molar-refractivity contribution in [2.75, 3.05) is 13.7 Å². The molecule has 17 heavy (non-hydrogen) atoms. The van der Waals surface area contributed by atoms with Gasteiger partial charge in [-0.15, -0.1) is 0 Å². The van der Waals surface area contributed by atoms with Gasteiger partial charge in [0.15, 0.2) is 5.75 Å². The maximum Gasteiger partial charge on any atom is 0.315 e. The molecule has 0 fully saturated rings. The first-order chi connectivity index (χ1) is 8.13. The molecular weight excluding hydrogens is 226 g/mol. The number of nitro groups is 1. The molecule has 0 radical (unpaired) electrons. The van der Waals surface area contributed by atoms with Crippen molar-refractivity contribution in [3.05, 3.63) is 27.8 Å². The molecule has 92 valence electrons. The third-order valence-corrected chi connectivity index (χ3v) is 2.06. The van der Waals surface area contributed by atoms with E-state index in [0.29, 0.717) is 12.9 Å². The minimum Gasteiger partial charge on any atom is -0.493 e. The van der Waals surface area contributed by atoms with E-state index in [0.717, 1.165) is 6.42 Å². The summed E-state index contributed by atoms with van der Waals surface area (Å²) < 4.78 is 10.3. The lowest BCUT2D eigenvalue weighted by Gasteiger charge is -2.10. The zero-order chi connectivity index (χ0) is 12.8. The van der Waals surface area contributed by atoms with Gasteiger partial charge in [0, 0.05) is 11.6 Å². The van der Waals surface area contributed by atoms with E-state index < -0.39 is 4.92 Å². The van der Waals surface area contributed by atoms with Crippen LogP contribution in [0.5, 0.6) is 11.5 Å². The summed E-state index contributed by atoms with van der Waals surface area (Å²) in [6, 6.07) is 2.57. The van der Waals surface area contributed by atoms with Gasteiger partial charge in [0.05, 0.1) is 18.6 Å². The molecule has 0 amide bonds. The Morgan fingerprint density at radius 2 is 2.18 bits per heavy atom. The lowest BCUT2D eigenvalue weighted by Crippen LogP contribution is -2.02. The quantitative estimate of drug-likeness (QED) is 0.432. The fourth-order valence-corrected chi connectivity index (χ4v) is 1.31. The van der Waals surface area contributed by atoms with Gasteiger partial charge in [-0.25, -0.2) is 0 Å². The van der Waals surface area contributed by atoms with Crippen molar-refractivity contribution in [1.82, 2.24) is 0 Å². The molecule has 0 aliphatic heterocycles. The van der Waals surface area contributed by atoms with Crippen molar-refractivity contribution in [3.8, 4) is 11.5 Å². The number of rotatable bonds is 6. The Bertz CT molecular complexity index is 430. The summed E-state index contributed by atoms with van der Waals surface area (Å²) in [7, 11) is 1.37. The fraction of sp³-hybridized carbons (Fsp3) is 0.364. The van der Waals surface area contributed by atoms with Gasteiger partial charge in [0.2, 0.25) is 5.75 Å². The van der Waals surface area contributed by atoms with Crippen molar-refractivity contribution in [3.63, 3.8) is 0 Å². The molecule has 0 atom stereocenters. The van der Waals surface area contributed by atoms with Crippen LogP contribution in [0.25, 0.3) is 0 Å². The smallest absolute Gasteiger partial charge is 0.315 e. The molecule has 6 nitrogen and oxygen atoms in total. The van der Waals surface area contributed by atoms with Crippen molar-refractivity contribution in [2.24, 2.45) is 0 Å². The molecule has 1 aromatic rings. The number of ether oxygens (including phenoxy) is 2. The van der Waals surface area contributed by atoms with Crippen molar-refractivity contribution >= 4 is 12.0 Å². The minimum absolute atomic E-state index is 0.0601. The van der Waals surface area contributed by atoms with Gasteiger partial charge in [-0.05, 0) is 12.5 Å². The Hall–Kier alpha value is -2.11. The number of nitro benzene ring substituents is 1. The molecule has 6 heteroatoms. The summed E-state index contributed by atoms with van der Waals surface area (Å²) >= 11 is 0. The molecule has 0 heterocycles. The van der Waals surface area contributed by atoms with Crippen LogP contribution in [-0.2, 0) is 0 Å². The van der Waals surface area contributed by atoms with Gasteiger partial charge in [0.25, 0.3) is 0 Å². The van der Waals surface area contributed by atoms with Gasteiger partial charge < -0.3 is 9.47 Å². The highest BCUT2D eigenvalue weighted by molar-refractivity contribution is 5.79. The number of benzene rings is 1. The largest absolute Gasteiger partial charge is 0.493 e. The zero-order valence-corrected chi connectivity index (χ0v) is 9.63. The Kier molecular flexibility index (Phi) is 4.45. The highest BCUT2D eigenvalue weighted by atomic mass is 16.6. The lowest BCUT2D eigenvalue weighted by atomic mass is 10.2. The number of nitrogens with zero attached hydrogens (tertiary/aromatic N) is 1. The van der Waals surface area contributed by atoms with Gasteiger partial charge in [0.1, 0.15) is 6.29 Å². The number of hydrogen-bond acceptors (Lipinski definition) is 5. The highest BCUT2D eigenvalue weighted by Crippen LogP contribution is 2.37. The molecule has 0 aliphatic carbocycles. The van der Waals surface area contributed by atoms with E-state index in [1.807, 2.05) is 6.92 Å². The van der Waals surface area contributed by atoms with Crippen LogP contribution in [0.2, 0.25) is 0 Å². The first kappa shape index (κ1) is 13.0. The highest BCUT2D eigenvalue weighted by Gasteiger charge is 2.21. The number of methoxy groups -OCH3 is 1. The molecule has 1 rings (SSSR count). The molecule has 1 aromatic carbocycles. The Morgan fingerprint density at radius 3 is 2.65 bits per heavy atom. The van der Waals surface area contributed by atoms with Crippen LogP contribution in [-0.4, -0.2) is 24.9 Å². The number of carbonyl (C=O) groups excluding carboxylic acids is 1. The number of carbonyl (C=O) groups is 1. The summed E-state index contributed by atoms with van der Waals surface area (Å²) in [6.45, 7) is 2.23. The molecule has 0 spiro atoms. The predicted molar refractivity (Wildman–Crippen MR) is 60.8 cm³/mol. The van der Waals surface area contributed by atoms with Crippen molar-refractivity contribution < 1.29 is 19.2 Å². The molecule has 0 unspecified atom stereocenters. The van der Waals surface area contributed by atoms with Gasteiger partial charge in [-0.3, -0.25) is 14.9 Å². The van der Waals surface area contributed by atoms with E-state index in [4.69, 9.17) is 9.47 Å². The summed E-state index contributed by atoms with van der Waals surface area (Å²) in [5.41, 5.74) is -0.0858. The summed E-state index contributed by atoms with van der Waals surface area (Å²) in [5.74, 6) is 0.250. The Labute approximate surface area is 98.3 Å². The molecular formula is C11H13NO5. The molecule has 0 aromatic heterocycles. The second-order valence-corrected chi connectivity index (χ2v) is 3.29. The van der Waals surface area contributed by atoms with E-state index in [1.165, 1.54) is 19.2 Å². The Balaban J connectivity index is 3.29. The lowest BCUT2D eigenvalue weighted by molar-refractivity contribution is -0.386. The average molecular weight is 239 g/mol. The SMILES string of the molecule is CCCOc1c(OC)cc(C=O)cc1[N+](=O)[O-]. The van der Waals surface area contributed by atoms with E-state index in [-0.39, 0.29) is 22.7 Å². The van der Waals surface area contributed by atoms with Crippen molar-refractivity contribution in [2.45, 2.75) is 13.3 Å². The molecule has 0 aliphatic rings. The van der Waals surface area contributed by atoms with Crippen LogP contribution < -0.4 is 9.47 Å². The monoisotopic (exact) mass is 239 g/mol. The summed E-state index contributed by atoms with van der Waals surface area (Å²) in [6.07, 6.45) is 1.24. The van der Waals surface area contributed by atoms with Crippen LogP contribution in [0.1, 0.15) is 23.7 Å². The van der Waals surface area contributed by atoms with Crippen LogP contribution in [0.3, 0.4) is 0 Å². The van der Waals surface area contributed by atoms with Crippen LogP contribution >= 0.6 is 0 Å². The number of aldehydes is 1. The second kappa shape index (κ2) is 5.83. The molecule has 0 saturated carbocycles. The van der Waals surface area contributed by atoms with Crippen LogP contribution in [0.4, 0.5) is 5.69 Å². The minimum atomic E-state index is -0.597. The normalized spacial score (nSPS) is 9.76. The van der Waals surface area contributed by atoms with Crippen LogP contribution in [0.15, 0.2) is 12.1 Å². The summed E-state index contributed by atoms with van der Waals surface area (Å²) in [5, 5.41) is 10.9. The van der Waals surface area contributed by atoms with E-state index >= 15 is 0 Å². The van der Waals surface area contributed by atoms with Gasteiger partial charge in [-0.2, -0.15) is 0 Å².